The number of nitrogens with zero attached hydrogens (tertiary/aromatic N) is 6. The van der Waals surface area contributed by atoms with Gasteiger partial charge in [-0.2, -0.15) is 4.98 Å². The van der Waals surface area contributed by atoms with Crippen LogP contribution in [-0.4, -0.2) is 35.8 Å². The van der Waals surface area contributed by atoms with Crippen LogP contribution in [-0.2, 0) is 43.3 Å². The molecular weight excluding hydrogens is 963 g/mol. The van der Waals surface area contributed by atoms with Crippen LogP contribution in [0.4, 0.5) is 0 Å². The van der Waals surface area contributed by atoms with E-state index in [9.17, 15) is 0 Å². The van der Waals surface area contributed by atoms with Gasteiger partial charge in [-0.1, -0.05) is 278 Å². The molecule has 0 saturated carbocycles. The normalized spacial score (nSPS) is 15.1. The third-order valence-electron chi connectivity index (χ3n) is 12.7. The molecule has 0 saturated heterocycles. The van der Waals surface area contributed by atoms with Crippen molar-refractivity contribution in [3.05, 3.63) is 100 Å². The smallest absolute Gasteiger partial charge is 0.232 e. The summed E-state index contributed by atoms with van der Waals surface area (Å²) in [4.78, 5) is 25.8. The lowest BCUT2D eigenvalue weighted by Crippen LogP contribution is -2.18. The molecule has 2 aliphatic rings. The van der Waals surface area contributed by atoms with Gasteiger partial charge in [0.15, 0.2) is 17.6 Å². The highest BCUT2D eigenvalue weighted by Gasteiger charge is 2.30. The highest BCUT2D eigenvalue weighted by atomic mass is 16.5. The molecule has 10 nitrogen and oxygen atoms in total. The van der Waals surface area contributed by atoms with E-state index < -0.39 is 0 Å². The van der Waals surface area contributed by atoms with Gasteiger partial charge < -0.3 is 18.3 Å². The topological polar surface area (TPSA) is 132 Å². The monoisotopic (exact) mass is 1080 g/mol. The number of aromatic nitrogens is 6. The third-order valence-corrected chi connectivity index (χ3v) is 12.7. The van der Waals surface area contributed by atoms with Gasteiger partial charge in [-0.25, -0.2) is 15.0 Å². The summed E-state index contributed by atoms with van der Waals surface area (Å²) in [5.74, 6) is 4.18. The van der Waals surface area contributed by atoms with E-state index in [0.29, 0.717) is 16.7 Å². The second-order valence-electron chi connectivity index (χ2n) is 34.0. The lowest BCUT2D eigenvalue weighted by molar-refractivity contribution is 0.314. The molecule has 10 heteroatoms. The maximum Gasteiger partial charge on any atom is 0.232 e. The Bertz CT molecular complexity index is 2180. The van der Waals surface area contributed by atoms with Gasteiger partial charge >= 0.3 is 0 Å². The molecular formula is C68H119N7O3. The summed E-state index contributed by atoms with van der Waals surface area (Å²) >= 11 is 0. The van der Waals surface area contributed by atoms with Crippen molar-refractivity contribution >= 4 is 5.71 Å². The van der Waals surface area contributed by atoms with Crippen molar-refractivity contribution in [2.24, 2.45) is 26.7 Å². The second kappa shape index (κ2) is 25.2. The molecule has 1 aliphatic heterocycles. The number of rotatable bonds is 0. The van der Waals surface area contributed by atoms with Crippen molar-refractivity contribution in [3.63, 3.8) is 0 Å². The fourth-order valence-corrected chi connectivity index (χ4v) is 6.79. The number of aliphatic imine (C=N–C) groups is 1. The van der Waals surface area contributed by atoms with Gasteiger partial charge in [0.2, 0.25) is 5.89 Å². The minimum absolute atomic E-state index is 0.00347. The van der Waals surface area contributed by atoms with Crippen molar-refractivity contribution in [1.29, 1.82) is 0 Å². The molecule has 6 rings (SSSR count). The maximum absolute atomic E-state index is 5.44. The lowest BCUT2D eigenvalue weighted by Gasteiger charge is -2.21. The van der Waals surface area contributed by atoms with E-state index >= 15 is 0 Å². The van der Waals surface area contributed by atoms with Gasteiger partial charge in [-0.3, -0.25) is 4.99 Å². The Labute approximate surface area is 479 Å². The fourth-order valence-electron chi connectivity index (χ4n) is 6.79. The van der Waals surface area contributed by atoms with Crippen LogP contribution in [0, 0.1) is 21.7 Å². The minimum atomic E-state index is -0.0590. The largest absolute Gasteiger partial charge is 0.448 e. The zero-order valence-corrected chi connectivity index (χ0v) is 57.3. The SMILES string of the molecule is CC(C)(C)C1=CCC(C(C)(C)C)=C1.CC(C)(C)C1=CCC(C(C)(C)C)=N1.CC(C)(C)c1cnc(C(C)(C)C)[nH]1.CC(C)(C)c1coc(C(C)(C)C)n1.CC(C)(C)c1coc(C(C)(C)C)n1.CC(C)(C)c1noc(C(C)(C)C)n1. The molecule has 4 aromatic rings. The number of hydrogen-bond acceptors (Lipinski definition) is 9. The van der Waals surface area contributed by atoms with Crippen molar-refractivity contribution in [1.82, 2.24) is 30.1 Å². The number of aromatic amines is 1. The Morgan fingerprint density at radius 3 is 1.03 bits per heavy atom. The first-order valence-electron chi connectivity index (χ1n) is 28.8. The van der Waals surface area contributed by atoms with Crippen LogP contribution in [0.25, 0.3) is 0 Å². The van der Waals surface area contributed by atoms with E-state index in [-0.39, 0.29) is 54.1 Å². The summed E-state index contributed by atoms with van der Waals surface area (Å²) in [6, 6.07) is 0. The van der Waals surface area contributed by atoms with Gasteiger partial charge in [0, 0.05) is 83.9 Å². The standard InChI is InChI=1S/C13H22.C12H21N.C11H20N2.2C11H19NO.C10H18N2O/c1-12(2,3)10-7-8-11(9-10)13(4,5)6;1-11(2,3)9-7-8-10(13-9)12(4,5)6;1-10(2,3)8-7-12-9(13-8)11(4,5)6;2*1-10(2,3)8-7-13-9(12-8)11(4,5)6;1-9(2,3)7-11-8(13-12-7)10(4,5)6/h7,9H,8H2,1-6H3;7H,8H2,1-6H3;7H,1-6H3,(H,12,13);2*7H,1-6H3;1-6H3. The zero-order chi connectivity index (χ0) is 61.7. The Morgan fingerprint density at radius 1 is 0.397 bits per heavy atom. The molecule has 5 heterocycles. The molecule has 78 heavy (non-hydrogen) atoms. The molecule has 0 radical (unpaired) electrons. The van der Waals surface area contributed by atoms with E-state index in [1.807, 2.05) is 6.20 Å². The summed E-state index contributed by atoms with van der Waals surface area (Å²) in [5, 5.41) is 3.97. The first-order chi connectivity index (χ1) is 34.3. The number of nitrogens with one attached hydrogen (secondary N) is 1. The number of imidazole rings is 1. The summed E-state index contributed by atoms with van der Waals surface area (Å²) in [6.07, 6.45) is 14.7. The van der Waals surface area contributed by atoms with E-state index in [1.165, 1.54) is 22.7 Å². The molecule has 1 aliphatic carbocycles. The highest BCUT2D eigenvalue weighted by molar-refractivity contribution is 5.93. The molecule has 444 valence electrons. The zero-order valence-electron chi connectivity index (χ0n) is 57.3. The summed E-state index contributed by atoms with van der Waals surface area (Å²) < 4.78 is 16.1. The summed E-state index contributed by atoms with van der Waals surface area (Å²) in [6.45, 7) is 77.9. The molecule has 1 N–H and O–H groups in total. The van der Waals surface area contributed by atoms with Crippen molar-refractivity contribution in [2.75, 3.05) is 0 Å². The maximum atomic E-state index is 5.44. The Kier molecular flexibility index (Phi) is 23.2. The first-order valence-corrected chi connectivity index (χ1v) is 28.8. The van der Waals surface area contributed by atoms with E-state index in [1.54, 1.807) is 18.1 Å². The van der Waals surface area contributed by atoms with Gasteiger partial charge in [0.1, 0.15) is 18.4 Å². The molecule has 0 spiro atoms. The summed E-state index contributed by atoms with van der Waals surface area (Å²) in [7, 11) is 0. The Morgan fingerprint density at radius 2 is 0.833 bits per heavy atom. The number of hydrogen-bond donors (Lipinski definition) is 1. The molecule has 4 aromatic heterocycles. The number of allylic oxidation sites excluding steroid dienone is 6. The Hall–Kier alpha value is -4.34. The van der Waals surface area contributed by atoms with Crippen LogP contribution < -0.4 is 0 Å². The molecule has 0 bridgehead atoms. The van der Waals surface area contributed by atoms with Crippen molar-refractivity contribution in [3.8, 4) is 0 Å². The van der Waals surface area contributed by atoms with Crippen LogP contribution in [0.1, 0.15) is 308 Å². The summed E-state index contributed by atoms with van der Waals surface area (Å²) in [5.41, 5.74) is 10.3. The van der Waals surface area contributed by atoms with Crippen LogP contribution in [0.3, 0.4) is 0 Å². The quantitative estimate of drug-likeness (QED) is 0.184. The average Bonchev–Trinajstić information content (AvgIpc) is 4.06. The van der Waals surface area contributed by atoms with Crippen molar-refractivity contribution < 1.29 is 13.4 Å². The molecule has 0 aromatic carbocycles. The van der Waals surface area contributed by atoms with Crippen LogP contribution in [0.2, 0.25) is 0 Å². The second-order valence-corrected chi connectivity index (χ2v) is 34.0. The average molecular weight is 1080 g/mol. The van der Waals surface area contributed by atoms with E-state index in [2.05, 4.69) is 298 Å². The van der Waals surface area contributed by atoms with E-state index in [4.69, 9.17) is 18.3 Å². The minimum Gasteiger partial charge on any atom is -0.448 e. The van der Waals surface area contributed by atoms with Gasteiger partial charge in [0.05, 0.1) is 11.4 Å². The van der Waals surface area contributed by atoms with E-state index in [0.717, 1.165) is 47.7 Å². The van der Waals surface area contributed by atoms with Gasteiger partial charge in [-0.05, 0) is 22.8 Å². The highest BCUT2D eigenvalue weighted by Crippen LogP contribution is 2.40. The predicted octanol–water partition coefficient (Wildman–Crippen LogP) is 20.4. The third kappa shape index (κ3) is 24.2. The lowest BCUT2D eigenvalue weighted by atomic mass is 9.84. The fraction of sp³-hybridized carbons (Fsp3) is 0.735. The van der Waals surface area contributed by atoms with Gasteiger partial charge in [-0.15, -0.1) is 0 Å². The number of oxazole rings is 2. The first kappa shape index (κ1) is 71.7. The Balaban J connectivity index is 0.000000468. The van der Waals surface area contributed by atoms with Crippen LogP contribution in [0.5, 0.6) is 0 Å². The molecule has 0 atom stereocenters. The predicted molar refractivity (Wildman–Crippen MR) is 334 cm³/mol. The molecule has 0 amide bonds. The molecule has 0 unspecified atom stereocenters. The number of H-pyrrole nitrogens is 1. The van der Waals surface area contributed by atoms with Crippen LogP contribution >= 0.6 is 0 Å². The van der Waals surface area contributed by atoms with Crippen LogP contribution in [0.15, 0.2) is 72.1 Å². The van der Waals surface area contributed by atoms with Gasteiger partial charge in [0.25, 0.3) is 0 Å². The molecule has 0 fully saturated rings. The van der Waals surface area contributed by atoms with Crippen molar-refractivity contribution in [2.45, 2.75) is 305 Å².